The zero-order valence-corrected chi connectivity index (χ0v) is 9.59. The van der Waals surface area contributed by atoms with Gasteiger partial charge >= 0.3 is 45.2 Å². The van der Waals surface area contributed by atoms with Crippen LogP contribution in [0.5, 0.6) is 0 Å². The summed E-state index contributed by atoms with van der Waals surface area (Å²) in [6.07, 6.45) is 0. The Balaban J connectivity index is -0.0000000122. The maximum absolute atomic E-state index is 7.50. The van der Waals surface area contributed by atoms with Gasteiger partial charge in [0.2, 0.25) is 0 Å². The zero-order chi connectivity index (χ0) is 11.6. The molecule has 0 bridgehead atoms. The molecule has 0 aliphatic carbocycles. The molecular formula is C7H10FeO4P+. The minimum absolute atomic E-state index is 0. The molecule has 6 heteroatoms. The quantitative estimate of drug-likeness (QED) is 0.263. The summed E-state index contributed by atoms with van der Waals surface area (Å²) in [5.74, 6) is 0. The van der Waals surface area contributed by atoms with E-state index in [9.17, 15) is 0 Å². The molecule has 0 rings (SSSR count). The molecule has 0 saturated heterocycles. The van der Waals surface area contributed by atoms with Crippen LogP contribution in [0.1, 0.15) is 0 Å². The van der Waals surface area contributed by atoms with Crippen molar-refractivity contribution in [2.24, 2.45) is 0 Å². The fourth-order valence-corrected chi connectivity index (χ4v) is 0. The van der Waals surface area contributed by atoms with Crippen molar-refractivity contribution in [3.05, 3.63) is 26.6 Å². The van der Waals surface area contributed by atoms with Gasteiger partial charge in [0, 0.05) is 37.1 Å². The fourth-order valence-electron chi connectivity index (χ4n) is 0. The molecule has 0 amide bonds. The fraction of sp³-hybridized carbons (Fsp3) is 0.429. The van der Waals surface area contributed by atoms with E-state index in [-0.39, 0.29) is 25.0 Å². The van der Waals surface area contributed by atoms with Gasteiger partial charge in [0.25, 0.3) is 0 Å². The van der Waals surface area contributed by atoms with E-state index in [0.29, 0.717) is 0 Å². The van der Waals surface area contributed by atoms with Crippen molar-refractivity contribution in [3.63, 3.8) is 0 Å². The van der Waals surface area contributed by atoms with Gasteiger partial charge in [-0.25, -0.2) is 0 Å². The van der Waals surface area contributed by atoms with Gasteiger partial charge in [-0.05, 0) is 7.92 Å². The van der Waals surface area contributed by atoms with Crippen molar-refractivity contribution in [3.8, 4) is 0 Å². The van der Waals surface area contributed by atoms with E-state index in [2.05, 4.69) is 46.6 Å². The van der Waals surface area contributed by atoms with Gasteiger partial charge in [-0.2, -0.15) is 0 Å². The molecule has 0 saturated carbocycles. The van der Waals surface area contributed by atoms with Gasteiger partial charge in [0.1, 0.15) is 0 Å². The van der Waals surface area contributed by atoms with Crippen molar-refractivity contribution < 1.29 is 35.7 Å². The molecule has 0 aromatic rings. The summed E-state index contributed by atoms with van der Waals surface area (Å²) in [7, 11) is 0.120. The van der Waals surface area contributed by atoms with Crippen LogP contribution < -0.4 is 0 Å². The molecule has 0 aromatic heterocycles. The number of rotatable bonds is 0. The Morgan fingerprint density at radius 2 is 0.615 bits per heavy atom. The van der Waals surface area contributed by atoms with E-state index >= 15 is 0 Å². The SMILES string of the molecule is C[PH+](C)C.[C-]#[O+].[C-]#[O+].[C-]#[O+].[C-]#[O+].[Fe]. The van der Waals surface area contributed by atoms with Gasteiger partial charge in [0.05, 0.1) is 0 Å². The Morgan fingerprint density at radius 1 is 0.615 bits per heavy atom. The summed E-state index contributed by atoms with van der Waals surface area (Å²) >= 11 is 0. The van der Waals surface area contributed by atoms with E-state index in [0.717, 1.165) is 0 Å². The van der Waals surface area contributed by atoms with E-state index < -0.39 is 0 Å². The second-order valence-corrected chi connectivity index (χ2v) is 4.50. The molecule has 0 unspecified atom stereocenters. The molecule has 0 fully saturated rings. The molecule has 0 aromatic carbocycles. The van der Waals surface area contributed by atoms with Crippen molar-refractivity contribution in [2.45, 2.75) is 0 Å². The molecule has 0 aliphatic rings. The largest absolute Gasteiger partial charge is 0 e. The van der Waals surface area contributed by atoms with Crippen molar-refractivity contribution in [1.29, 1.82) is 0 Å². The molecule has 0 radical (unpaired) electrons. The monoisotopic (exact) mass is 245 g/mol. The van der Waals surface area contributed by atoms with Crippen molar-refractivity contribution in [1.82, 2.24) is 0 Å². The predicted octanol–water partition coefficient (Wildman–Crippen LogP) is 0.937. The number of hydrogen-bond donors (Lipinski definition) is 0. The van der Waals surface area contributed by atoms with Gasteiger partial charge in [-0.1, -0.05) is 0 Å². The number of hydrogen-bond acceptors (Lipinski definition) is 0. The third-order valence-electron chi connectivity index (χ3n) is 0. The molecule has 74 valence electrons. The van der Waals surface area contributed by atoms with E-state index in [1.807, 2.05) is 0 Å². The maximum atomic E-state index is 7.50. The van der Waals surface area contributed by atoms with Crippen LogP contribution in [-0.2, 0) is 35.7 Å². The standard InChI is InChI=1S/C3H9P.4CO.Fe/c1-4(2)3;4*1-2;/h1-3H3;;;;;/p+1. The van der Waals surface area contributed by atoms with Crippen LogP contribution in [0.15, 0.2) is 0 Å². The Kier molecular flexibility index (Phi) is 494. The van der Waals surface area contributed by atoms with Crippen LogP contribution in [0.2, 0.25) is 0 Å². The Hall–Kier alpha value is -0.0905. The first kappa shape index (κ1) is 38.4. The minimum atomic E-state index is 0. The third-order valence-corrected chi connectivity index (χ3v) is 0. The zero-order valence-electron chi connectivity index (χ0n) is 7.49. The molecule has 0 aliphatic heterocycles. The van der Waals surface area contributed by atoms with Crippen molar-refractivity contribution >= 4 is 7.92 Å². The van der Waals surface area contributed by atoms with E-state index in [1.165, 1.54) is 0 Å². The second-order valence-electron chi connectivity index (χ2n) is 1.50. The molecule has 13 heavy (non-hydrogen) atoms. The van der Waals surface area contributed by atoms with Crippen LogP contribution in [0.3, 0.4) is 0 Å². The Labute approximate surface area is 90.6 Å². The normalized spacial score (nSPS) is 3.38. The summed E-state index contributed by atoms with van der Waals surface area (Å²) in [5, 5.41) is 0. The van der Waals surface area contributed by atoms with E-state index in [1.54, 1.807) is 0 Å². The molecule has 0 spiro atoms. The van der Waals surface area contributed by atoms with Crippen molar-refractivity contribution in [2.75, 3.05) is 20.0 Å². The summed E-state index contributed by atoms with van der Waals surface area (Å²) < 4.78 is 30.0. The summed E-state index contributed by atoms with van der Waals surface area (Å²) in [6, 6.07) is 0. The Morgan fingerprint density at radius 3 is 0.615 bits per heavy atom. The molecular weight excluding hydrogens is 235 g/mol. The van der Waals surface area contributed by atoms with Crippen LogP contribution >= 0.6 is 7.92 Å². The van der Waals surface area contributed by atoms with E-state index in [4.69, 9.17) is 18.6 Å². The molecule has 0 N–H and O–H groups in total. The Bertz CT molecular complexity index is 89.9. The van der Waals surface area contributed by atoms with Gasteiger partial charge in [-0.3, -0.25) is 0 Å². The second kappa shape index (κ2) is 167. The third kappa shape index (κ3) is 143000. The van der Waals surface area contributed by atoms with Gasteiger partial charge < -0.3 is 0 Å². The summed E-state index contributed by atoms with van der Waals surface area (Å²) in [5.41, 5.74) is 0. The molecule has 4 nitrogen and oxygen atoms in total. The minimum Gasteiger partial charge on any atom is 0 e. The first-order valence-electron chi connectivity index (χ1n) is 2.32. The smallest absolute Gasteiger partial charge is 0 e. The predicted molar refractivity (Wildman–Crippen MR) is 41.8 cm³/mol. The van der Waals surface area contributed by atoms with Crippen LogP contribution in [-0.4, -0.2) is 20.0 Å². The maximum Gasteiger partial charge on any atom is 0 e. The van der Waals surface area contributed by atoms with Gasteiger partial charge in [-0.15, -0.1) is 0 Å². The van der Waals surface area contributed by atoms with Crippen LogP contribution in [0, 0.1) is 26.6 Å². The topological polar surface area (TPSA) is 79.6 Å². The average Bonchev–Trinajstić information content (AvgIpc) is 2.16. The summed E-state index contributed by atoms with van der Waals surface area (Å²) in [4.78, 5) is 0. The van der Waals surface area contributed by atoms with Gasteiger partial charge in [0.15, 0.2) is 0 Å². The van der Waals surface area contributed by atoms with Crippen LogP contribution in [0.4, 0.5) is 0 Å². The first-order valence-corrected chi connectivity index (χ1v) is 5.32. The van der Waals surface area contributed by atoms with Crippen LogP contribution in [0.25, 0.3) is 0 Å². The first-order chi connectivity index (χ1) is 5.73. The average molecular weight is 245 g/mol. The summed E-state index contributed by atoms with van der Waals surface area (Å²) in [6.45, 7) is 24.8. The molecule has 0 heterocycles. The molecule has 0 atom stereocenters.